The lowest BCUT2D eigenvalue weighted by atomic mass is 10.0. The molecule has 0 bridgehead atoms. The minimum Gasteiger partial charge on any atom is -0.486 e. The van der Waals surface area contributed by atoms with Gasteiger partial charge in [-0.2, -0.15) is 0 Å². The molecule has 1 amide bonds. The van der Waals surface area contributed by atoms with Crippen LogP contribution in [0.1, 0.15) is 42.0 Å². The lowest BCUT2D eigenvalue weighted by Gasteiger charge is -2.21. The molecular formula is C18H20FNO4. The van der Waals surface area contributed by atoms with E-state index in [0.717, 1.165) is 12.8 Å². The molecule has 24 heavy (non-hydrogen) atoms. The minimum atomic E-state index is -0.795. The first-order valence-corrected chi connectivity index (χ1v) is 8.02. The number of amides is 1. The van der Waals surface area contributed by atoms with E-state index >= 15 is 0 Å². The summed E-state index contributed by atoms with van der Waals surface area (Å²) in [4.78, 5) is 12.1. The van der Waals surface area contributed by atoms with Crippen LogP contribution in [0.5, 0.6) is 5.75 Å². The molecule has 3 rings (SSSR count). The molecule has 2 N–H and O–H groups in total. The lowest BCUT2D eigenvalue weighted by molar-refractivity contribution is 0.0443. The first-order valence-electron chi connectivity index (χ1n) is 8.02. The largest absolute Gasteiger partial charge is 0.486 e. The number of nitrogens with one attached hydrogen (secondary N) is 1. The molecule has 0 aliphatic heterocycles. The highest BCUT2D eigenvalue weighted by atomic mass is 19.1. The van der Waals surface area contributed by atoms with Crippen molar-refractivity contribution < 1.29 is 23.4 Å². The van der Waals surface area contributed by atoms with Crippen LogP contribution in [-0.4, -0.2) is 23.2 Å². The molecule has 2 aromatic rings. The molecule has 128 valence electrons. The summed E-state index contributed by atoms with van der Waals surface area (Å²) >= 11 is 0. The first-order chi connectivity index (χ1) is 11.5. The van der Waals surface area contributed by atoms with E-state index in [0.29, 0.717) is 24.4 Å². The Labute approximate surface area is 139 Å². The Bertz CT molecular complexity index is 689. The summed E-state index contributed by atoms with van der Waals surface area (Å²) in [6, 6.07) is 8.89. The standard InChI is InChI=1S/C18H20FNO4/c19-13-3-5-14(6-4-13)23-11-15-7-8-16(24-15)17(21)20-12-18(22)9-1-2-10-18/h3-8,22H,1-2,9-12H2,(H,20,21). The average molecular weight is 333 g/mol. The number of carbonyl (C=O) groups excluding carboxylic acids is 1. The van der Waals surface area contributed by atoms with Gasteiger partial charge in [-0.25, -0.2) is 4.39 Å². The SMILES string of the molecule is O=C(NCC1(O)CCCC1)c1ccc(COc2ccc(F)cc2)o1. The average Bonchev–Trinajstić information content (AvgIpc) is 3.22. The van der Waals surface area contributed by atoms with Crippen LogP contribution in [0.4, 0.5) is 4.39 Å². The molecule has 1 saturated carbocycles. The van der Waals surface area contributed by atoms with Crippen LogP contribution >= 0.6 is 0 Å². The number of furan rings is 1. The second-order valence-corrected chi connectivity index (χ2v) is 6.12. The zero-order valence-corrected chi connectivity index (χ0v) is 13.3. The molecule has 1 aliphatic rings. The Hall–Kier alpha value is -2.34. The summed E-state index contributed by atoms with van der Waals surface area (Å²) in [5, 5.41) is 12.9. The van der Waals surface area contributed by atoms with Gasteiger partial charge >= 0.3 is 0 Å². The fourth-order valence-corrected chi connectivity index (χ4v) is 2.80. The van der Waals surface area contributed by atoms with Gasteiger partial charge in [-0.05, 0) is 49.2 Å². The van der Waals surface area contributed by atoms with Gasteiger partial charge in [0, 0.05) is 6.54 Å². The summed E-state index contributed by atoms with van der Waals surface area (Å²) in [6.07, 6.45) is 3.39. The van der Waals surface area contributed by atoms with E-state index in [1.54, 1.807) is 12.1 Å². The highest BCUT2D eigenvalue weighted by Crippen LogP contribution is 2.28. The summed E-state index contributed by atoms with van der Waals surface area (Å²) < 4.78 is 23.7. The second-order valence-electron chi connectivity index (χ2n) is 6.12. The van der Waals surface area contributed by atoms with Crippen LogP contribution in [0.25, 0.3) is 0 Å². The van der Waals surface area contributed by atoms with Crippen molar-refractivity contribution >= 4 is 5.91 Å². The number of hydrogen-bond acceptors (Lipinski definition) is 4. The van der Waals surface area contributed by atoms with Gasteiger partial charge in [0.2, 0.25) is 0 Å². The summed E-state index contributed by atoms with van der Waals surface area (Å²) in [6.45, 7) is 0.372. The number of aliphatic hydroxyl groups is 1. The van der Waals surface area contributed by atoms with Gasteiger partial charge in [0.25, 0.3) is 5.91 Å². The van der Waals surface area contributed by atoms with Gasteiger partial charge in [0.15, 0.2) is 5.76 Å². The van der Waals surface area contributed by atoms with Crippen molar-refractivity contribution in [1.82, 2.24) is 5.32 Å². The fraction of sp³-hybridized carbons (Fsp3) is 0.389. The Morgan fingerprint density at radius 3 is 2.62 bits per heavy atom. The molecule has 0 radical (unpaired) electrons. The minimum absolute atomic E-state index is 0.142. The predicted molar refractivity (Wildman–Crippen MR) is 85.2 cm³/mol. The highest BCUT2D eigenvalue weighted by molar-refractivity contribution is 5.91. The van der Waals surface area contributed by atoms with Crippen molar-refractivity contribution in [2.45, 2.75) is 37.9 Å². The Balaban J connectivity index is 1.50. The molecular weight excluding hydrogens is 313 g/mol. The van der Waals surface area contributed by atoms with Gasteiger partial charge in [-0.3, -0.25) is 4.79 Å². The quantitative estimate of drug-likeness (QED) is 0.852. The van der Waals surface area contributed by atoms with Gasteiger partial charge in [-0.1, -0.05) is 12.8 Å². The van der Waals surface area contributed by atoms with Crippen molar-refractivity contribution in [3.63, 3.8) is 0 Å². The Morgan fingerprint density at radius 2 is 1.92 bits per heavy atom. The highest BCUT2D eigenvalue weighted by Gasteiger charge is 2.31. The normalized spacial score (nSPS) is 16.1. The maximum absolute atomic E-state index is 12.8. The molecule has 1 aromatic carbocycles. The van der Waals surface area contributed by atoms with Gasteiger partial charge < -0.3 is 19.6 Å². The van der Waals surface area contributed by atoms with Crippen molar-refractivity contribution in [3.05, 3.63) is 53.7 Å². The Morgan fingerprint density at radius 1 is 1.21 bits per heavy atom. The van der Waals surface area contributed by atoms with E-state index in [9.17, 15) is 14.3 Å². The molecule has 1 heterocycles. The van der Waals surface area contributed by atoms with Crippen molar-refractivity contribution in [2.75, 3.05) is 6.54 Å². The van der Waals surface area contributed by atoms with Crippen molar-refractivity contribution in [2.24, 2.45) is 0 Å². The summed E-state index contributed by atoms with van der Waals surface area (Å²) in [7, 11) is 0. The van der Waals surface area contributed by atoms with E-state index < -0.39 is 5.60 Å². The maximum Gasteiger partial charge on any atom is 0.287 e. The Kier molecular flexibility index (Phi) is 4.85. The van der Waals surface area contributed by atoms with Crippen molar-refractivity contribution in [1.29, 1.82) is 0 Å². The number of carbonyl (C=O) groups is 1. The molecule has 1 aromatic heterocycles. The number of ether oxygens (including phenoxy) is 1. The van der Waals surface area contributed by atoms with Crippen LogP contribution in [0, 0.1) is 5.82 Å². The summed E-state index contributed by atoms with van der Waals surface area (Å²) in [5.41, 5.74) is -0.795. The zero-order chi connectivity index (χ0) is 17.0. The number of halogens is 1. The predicted octanol–water partition coefficient (Wildman–Crippen LogP) is 3.03. The molecule has 0 saturated heterocycles. The zero-order valence-electron chi connectivity index (χ0n) is 13.3. The molecule has 0 unspecified atom stereocenters. The van der Waals surface area contributed by atoms with E-state index in [1.165, 1.54) is 24.3 Å². The third kappa shape index (κ3) is 4.14. The molecule has 0 atom stereocenters. The van der Waals surface area contributed by atoms with Gasteiger partial charge in [-0.15, -0.1) is 0 Å². The topological polar surface area (TPSA) is 71.7 Å². The van der Waals surface area contributed by atoms with E-state index in [2.05, 4.69) is 5.32 Å². The van der Waals surface area contributed by atoms with E-state index in [-0.39, 0.29) is 30.6 Å². The molecule has 6 heteroatoms. The monoisotopic (exact) mass is 333 g/mol. The van der Waals surface area contributed by atoms with Crippen LogP contribution < -0.4 is 10.1 Å². The van der Waals surface area contributed by atoms with Crippen LogP contribution in [0.2, 0.25) is 0 Å². The number of rotatable bonds is 6. The van der Waals surface area contributed by atoms with Crippen LogP contribution in [-0.2, 0) is 6.61 Å². The third-order valence-electron chi connectivity index (χ3n) is 4.19. The maximum atomic E-state index is 12.8. The fourth-order valence-electron chi connectivity index (χ4n) is 2.80. The smallest absolute Gasteiger partial charge is 0.287 e. The second kappa shape index (κ2) is 7.05. The van der Waals surface area contributed by atoms with Crippen molar-refractivity contribution in [3.8, 4) is 5.75 Å². The first kappa shape index (κ1) is 16.5. The molecule has 1 fully saturated rings. The summed E-state index contributed by atoms with van der Waals surface area (Å²) in [5.74, 6) is 0.493. The van der Waals surface area contributed by atoms with Gasteiger partial charge in [0.1, 0.15) is 23.9 Å². The lowest BCUT2D eigenvalue weighted by Crippen LogP contribution is -2.40. The molecule has 5 nitrogen and oxygen atoms in total. The third-order valence-corrected chi connectivity index (χ3v) is 4.19. The van der Waals surface area contributed by atoms with Crippen LogP contribution in [0.3, 0.4) is 0 Å². The number of benzene rings is 1. The van der Waals surface area contributed by atoms with E-state index in [4.69, 9.17) is 9.15 Å². The van der Waals surface area contributed by atoms with Crippen LogP contribution in [0.15, 0.2) is 40.8 Å². The molecule has 1 aliphatic carbocycles. The molecule has 0 spiro atoms. The van der Waals surface area contributed by atoms with Gasteiger partial charge in [0.05, 0.1) is 5.60 Å². The number of hydrogen-bond donors (Lipinski definition) is 2. The van der Waals surface area contributed by atoms with E-state index in [1.807, 2.05) is 0 Å².